The van der Waals surface area contributed by atoms with Crippen LogP contribution in [0, 0.1) is 6.92 Å². The van der Waals surface area contributed by atoms with Crippen LogP contribution >= 0.6 is 23.1 Å². The molecule has 0 aliphatic rings. The van der Waals surface area contributed by atoms with Crippen molar-refractivity contribution in [1.29, 1.82) is 0 Å². The summed E-state index contributed by atoms with van der Waals surface area (Å²) in [6.07, 6.45) is -4.77. The second kappa shape index (κ2) is 9.01. The number of rotatable bonds is 7. The van der Waals surface area contributed by atoms with E-state index in [1.165, 1.54) is 0 Å². The lowest BCUT2D eigenvalue weighted by molar-refractivity contribution is -0.146. The molecule has 31 heavy (non-hydrogen) atoms. The van der Waals surface area contributed by atoms with E-state index in [9.17, 15) is 22.8 Å². The minimum Gasteiger partial charge on any atom is -0.462 e. The number of aromatic nitrogens is 3. The number of carbonyl (C=O) groups is 2. The largest absolute Gasteiger partial charge is 0.462 e. The first-order valence-corrected chi connectivity index (χ1v) is 10.5. The molecule has 0 radical (unpaired) electrons. The normalized spacial score (nSPS) is 11.5. The Labute approximate surface area is 181 Å². The molecular formula is C17H16F3N5O4S2. The summed E-state index contributed by atoms with van der Waals surface area (Å²) in [5, 5.41) is 10.5. The van der Waals surface area contributed by atoms with E-state index < -0.39 is 23.9 Å². The van der Waals surface area contributed by atoms with Crippen LogP contribution in [0.25, 0.3) is 11.3 Å². The second-order valence-corrected chi connectivity index (χ2v) is 7.82. The van der Waals surface area contributed by atoms with E-state index in [2.05, 4.69) is 15.5 Å². The summed E-state index contributed by atoms with van der Waals surface area (Å²) in [5.74, 6) is 3.49. The first kappa shape index (κ1) is 22.7. The van der Waals surface area contributed by atoms with Crippen LogP contribution in [0.3, 0.4) is 0 Å². The number of thiophene rings is 1. The molecule has 166 valence electrons. The van der Waals surface area contributed by atoms with Crippen LogP contribution in [-0.4, -0.2) is 39.1 Å². The minimum absolute atomic E-state index is 0.126. The predicted octanol–water partition coefficient (Wildman–Crippen LogP) is 3.55. The van der Waals surface area contributed by atoms with Gasteiger partial charge in [0.1, 0.15) is 22.1 Å². The molecule has 0 atom stereocenters. The maximum absolute atomic E-state index is 12.7. The zero-order chi connectivity index (χ0) is 22.8. The molecule has 1 amide bonds. The van der Waals surface area contributed by atoms with Gasteiger partial charge >= 0.3 is 12.1 Å². The topological polar surface area (TPSA) is 125 Å². The van der Waals surface area contributed by atoms with Crippen molar-refractivity contribution < 1.29 is 31.9 Å². The molecule has 3 heterocycles. The van der Waals surface area contributed by atoms with Crippen LogP contribution < -0.4 is 11.2 Å². The zero-order valence-electron chi connectivity index (χ0n) is 16.1. The smallest absolute Gasteiger partial charge is 0.453 e. The molecule has 0 fully saturated rings. The number of nitrogen functional groups attached to an aromatic ring is 1. The maximum Gasteiger partial charge on any atom is 0.453 e. The van der Waals surface area contributed by atoms with E-state index in [0.717, 1.165) is 11.3 Å². The Morgan fingerprint density at radius 2 is 2.10 bits per heavy atom. The van der Waals surface area contributed by atoms with Crippen molar-refractivity contribution in [2.75, 3.05) is 23.5 Å². The molecule has 0 unspecified atom stereocenters. The molecular weight excluding hydrogens is 459 g/mol. The molecule has 3 aromatic rings. The average Bonchev–Trinajstić information content (AvgIpc) is 3.38. The molecule has 0 saturated carbocycles. The lowest BCUT2D eigenvalue weighted by atomic mass is 10.1. The van der Waals surface area contributed by atoms with Crippen molar-refractivity contribution in [3.63, 3.8) is 0 Å². The number of nitrogens with two attached hydrogens (primary N) is 1. The van der Waals surface area contributed by atoms with Gasteiger partial charge in [-0.15, -0.1) is 21.5 Å². The van der Waals surface area contributed by atoms with E-state index in [1.807, 2.05) is 0 Å². The highest BCUT2D eigenvalue weighted by Crippen LogP contribution is 2.37. The molecule has 3 N–H and O–H groups in total. The number of amides is 1. The van der Waals surface area contributed by atoms with Gasteiger partial charge in [0.05, 0.1) is 12.4 Å². The van der Waals surface area contributed by atoms with Crippen molar-refractivity contribution >= 4 is 40.0 Å². The van der Waals surface area contributed by atoms with Crippen molar-refractivity contribution in [3.8, 4) is 11.3 Å². The molecule has 0 bridgehead atoms. The Morgan fingerprint density at radius 3 is 2.68 bits per heavy atom. The van der Waals surface area contributed by atoms with Crippen LogP contribution in [0.4, 0.5) is 18.2 Å². The van der Waals surface area contributed by atoms with E-state index in [-0.39, 0.29) is 32.8 Å². The highest BCUT2D eigenvalue weighted by atomic mass is 32.2. The van der Waals surface area contributed by atoms with Gasteiger partial charge < -0.3 is 20.3 Å². The van der Waals surface area contributed by atoms with Crippen molar-refractivity contribution in [2.45, 2.75) is 25.2 Å². The molecule has 0 aromatic carbocycles. The van der Waals surface area contributed by atoms with E-state index in [4.69, 9.17) is 15.0 Å². The Hall–Kier alpha value is -3.00. The Bertz CT molecular complexity index is 1110. The van der Waals surface area contributed by atoms with Gasteiger partial charge in [-0.3, -0.25) is 4.79 Å². The Balaban J connectivity index is 1.76. The number of hydrogen-bond donors (Lipinski definition) is 2. The Kier molecular flexibility index (Phi) is 6.59. The second-order valence-electron chi connectivity index (χ2n) is 6.00. The SMILES string of the molecule is CCOC(=O)c1c(-c2ccc(C)o2)csc1NC(=O)CSc1nnc(C(F)(F)F)n1N. The average molecular weight is 475 g/mol. The molecule has 14 heteroatoms. The number of hydrogen-bond acceptors (Lipinski definition) is 9. The highest BCUT2D eigenvalue weighted by molar-refractivity contribution is 7.99. The summed E-state index contributed by atoms with van der Waals surface area (Å²) in [4.78, 5) is 24.8. The number of nitrogens with zero attached hydrogens (tertiary/aromatic N) is 3. The van der Waals surface area contributed by atoms with Crippen molar-refractivity contribution in [2.24, 2.45) is 0 Å². The predicted molar refractivity (Wildman–Crippen MR) is 107 cm³/mol. The van der Waals surface area contributed by atoms with Gasteiger partial charge in [0.15, 0.2) is 0 Å². The van der Waals surface area contributed by atoms with Gasteiger partial charge in [-0.05, 0) is 26.0 Å². The fourth-order valence-corrected chi connectivity index (χ4v) is 4.09. The molecule has 9 nitrogen and oxygen atoms in total. The summed E-state index contributed by atoms with van der Waals surface area (Å²) in [6.45, 7) is 3.52. The first-order chi connectivity index (χ1) is 14.6. The summed E-state index contributed by atoms with van der Waals surface area (Å²) < 4.78 is 49.1. The van der Waals surface area contributed by atoms with Gasteiger partial charge in [0, 0.05) is 10.9 Å². The van der Waals surface area contributed by atoms with E-state index in [0.29, 0.717) is 28.8 Å². The Morgan fingerprint density at radius 1 is 1.35 bits per heavy atom. The number of ether oxygens (including phenoxy) is 1. The van der Waals surface area contributed by atoms with Gasteiger partial charge in [0.2, 0.25) is 11.1 Å². The van der Waals surface area contributed by atoms with Crippen LogP contribution in [-0.2, 0) is 15.7 Å². The summed E-state index contributed by atoms with van der Waals surface area (Å²) in [6, 6.07) is 3.42. The molecule has 0 aliphatic heterocycles. The highest BCUT2D eigenvalue weighted by Gasteiger charge is 2.38. The molecule has 0 aliphatic carbocycles. The summed E-state index contributed by atoms with van der Waals surface area (Å²) >= 11 is 1.75. The van der Waals surface area contributed by atoms with Gasteiger partial charge in [-0.25, -0.2) is 9.47 Å². The molecule has 0 saturated heterocycles. The minimum atomic E-state index is -4.77. The number of aryl methyl sites for hydroxylation is 1. The number of anilines is 1. The van der Waals surface area contributed by atoms with Gasteiger partial charge in [-0.1, -0.05) is 11.8 Å². The number of carbonyl (C=O) groups excluding carboxylic acids is 2. The van der Waals surface area contributed by atoms with Crippen molar-refractivity contribution in [3.05, 3.63) is 34.7 Å². The molecule has 3 rings (SSSR count). The lowest BCUT2D eigenvalue weighted by Crippen LogP contribution is -2.22. The monoisotopic (exact) mass is 475 g/mol. The number of thioether (sulfide) groups is 1. The van der Waals surface area contributed by atoms with Gasteiger partial charge in [-0.2, -0.15) is 13.2 Å². The fraction of sp³-hybridized carbons (Fsp3) is 0.294. The lowest BCUT2D eigenvalue weighted by Gasteiger charge is -2.08. The summed E-state index contributed by atoms with van der Waals surface area (Å²) in [7, 11) is 0. The molecule has 3 aromatic heterocycles. The number of alkyl halides is 3. The first-order valence-electron chi connectivity index (χ1n) is 8.67. The maximum atomic E-state index is 12.7. The third-order valence-electron chi connectivity index (χ3n) is 3.78. The number of furan rings is 1. The number of esters is 1. The van der Waals surface area contributed by atoms with Crippen molar-refractivity contribution in [1.82, 2.24) is 14.9 Å². The van der Waals surface area contributed by atoms with Crippen LogP contribution in [0.5, 0.6) is 0 Å². The quantitative estimate of drug-likeness (QED) is 0.302. The summed E-state index contributed by atoms with van der Waals surface area (Å²) in [5.41, 5.74) is 0.580. The van der Waals surface area contributed by atoms with E-state index in [1.54, 1.807) is 31.4 Å². The van der Waals surface area contributed by atoms with Crippen LogP contribution in [0.2, 0.25) is 0 Å². The number of nitrogens with one attached hydrogen (secondary N) is 1. The van der Waals surface area contributed by atoms with Gasteiger partial charge in [0.25, 0.3) is 5.82 Å². The number of halogens is 3. The van der Waals surface area contributed by atoms with Crippen LogP contribution in [0.15, 0.2) is 27.1 Å². The third-order valence-corrected chi connectivity index (χ3v) is 5.62. The fourth-order valence-electron chi connectivity index (χ4n) is 2.48. The standard InChI is InChI=1S/C17H16F3N5O4S2/c1-3-28-14(27)12-9(10-5-4-8(2)29-10)6-30-13(12)22-11(26)7-31-16-24-23-15(25(16)21)17(18,19)20/h4-6H,3,7,21H2,1-2H3,(H,22,26). The van der Waals surface area contributed by atoms with E-state index >= 15 is 0 Å². The molecule has 0 spiro atoms. The zero-order valence-corrected chi connectivity index (χ0v) is 17.8. The third kappa shape index (κ3) is 5.02. The van der Waals surface area contributed by atoms with Crippen LogP contribution in [0.1, 0.15) is 28.9 Å².